The predicted octanol–water partition coefficient (Wildman–Crippen LogP) is -1.15. The van der Waals surface area contributed by atoms with Crippen LogP contribution in [0.15, 0.2) is 110 Å². The summed E-state index contributed by atoms with van der Waals surface area (Å²) in [7, 11) is 0. The van der Waals surface area contributed by atoms with Crippen molar-refractivity contribution in [2.75, 3.05) is 0 Å². The number of rotatable bonds is 2. The van der Waals surface area contributed by atoms with Crippen LogP contribution in [0.2, 0.25) is 10.0 Å². The Morgan fingerprint density at radius 1 is 0.452 bits per heavy atom. The number of fused-ring (bicyclic) bond motifs is 4. The smallest absolute Gasteiger partial charge is 1.00 e. The normalized spacial score (nSPS) is 9.86. The third-order valence-electron chi connectivity index (χ3n) is 5.89. The molecule has 0 spiro atoms. The Bertz CT molecular complexity index is 1860. The van der Waals surface area contributed by atoms with E-state index in [9.17, 15) is 0 Å². The number of halogens is 5. The zero-order valence-electron chi connectivity index (χ0n) is 21.3. The number of hydrogen-bond donors (Lipinski definition) is 0. The molecule has 7 rings (SSSR count). The fourth-order valence-corrected chi connectivity index (χ4v) is 4.46. The average Bonchev–Trinajstić information content (AvgIpc) is 3.00. The second-order valence-electron chi connectivity index (χ2n) is 8.30. The van der Waals surface area contributed by atoms with Crippen LogP contribution in [-0.2, 0) is 19.5 Å². The Balaban J connectivity index is 0.000000297. The van der Waals surface area contributed by atoms with E-state index < -0.39 is 0 Å². The topological polar surface area (TPSA) is 77.3 Å². The molecule has 5 aromatic heterocycles. The van der Waals surface area contributed by atoms with Crippen molar-refractivity contribution in [2.24, 2.45) is 0 Å². The third kappa shape index (κ3) is 7.30. The van der Waals surface area contributed by atoms with E-state index >= 15 is 0 Å². The van der Waals surface area contributed by atoms with Gasteiger partial charge >= 0.3 is 19.5 Å². The molecule has 0 bridgehead atoms. The molecule has 12 heteroatoms. The molecule has 5 heterocycles. The summed E-state index contributed by atoms with van der Waals surface area (Å²) in [6.45, 7) is 0. The standard InChI is InChI=1S/C18H10Cl2N4.C12H8N2.3ClH.Rh/c19-11-7-8-14-16(15(11)20)24-18(13-6-2-4-10-22-13)17(23-14)12-5-1-3-9-21-12;1-3-9-5-6-10-4-2-8-14-12(10)11(9)13-7-1;;;;/h1-10H;1-8H;3*1H;/q;;;;;+3/p-3. The van der Waals surface area contributed by atoms with Gasteiger partial charge in [-0.1, -0.05) is 59.6 Å². The summed E-state index contributed by atoms with van der Waals surface area (Å²) in [5.41, 5.74) is 5.85. The molecule has 0 N–H and O–H groups in total. The van der Waals surface area contributed by atoms with Crippen molar-refractivity contribution in [1.82, 2.24) is 29.9 Å². The summed E-state index contributed by atoms with van der Waals surface area (Å²) < 4.78 is 0. The van der Waals surface area contributed by atoms with Gasteiger partial charge < -0.3 is 37.2 Å². The van der Waals surface area contributed by atoms with E-state index in [0.29, 0.717) is 38.2 Å². The van der Waals surface area contributed by atoms with E-state index in [1.807, 2.05) is 48.5 Å². The Kier molecular flexibility index (Phi) is 13.4. The van der Waals surface area contributed by atoms with Crippen LogP contribution >= 0.6 is 23.2 Å². The van der Waals surface area contributed by atoms with Crippen molar-refractivity contribution in [3.8, 4) is 22.8 Å². The Labute approximate surface area is 283 Å². The van der Waals surface area contributed by atoms with Crippen LogP contribution in [0.25, 0.3) is 55.6 Å². The predicted molar refractivity (Wildman–Crippen MR) is 153 cm³/mol. The van der Waals surface area contributed by atoms with Crippen molar-refractivity contribution < 1.29 is 56.7 Å². The quantitative estimate of drug-likeness (QED) is 0.165. The largest absolute Gasteiger partial charge is 3.00 e. The van der Waals surface area contributed by atoms with E-state index in [1.165, 1.54) is 0 Å². The van der Waals surface area contributed by atoms with Gasteiger partial charge in [-0.3, -0.25) is 19.9 Å². The summed E-state index contributed by atoms with van der Waals surface area (Å²) in [6.07, 6.45) is 7.04. The molecule has 0 aliphatic carbocycles. The van der Waals surface area contributed by atoms with E-state index in [0.717, 1.165) is 27.5 Å². The maximum atomic E-state index is 6.31. The fourth-order valence-electron chi connectivity index (χ4n) is 4.11. The van der Waals surface area contributed by atoms with Gasteiger partial charge in [-0.25, -0.2) is 9.97 Å². The van der Waals surface area contributed by atoms with Crippen molar-refractivity contribution in [3.63, 3.8) is 0 Å². The second kappa shape index (κ2) is 16.0. The minimum absolute atomic E-state index is 0. The van der Waals surface area contributed by atoms with Crippen LogP contribution in [0, 0.1) is 0 Å². The first-order valence-corrected chi connectivity index (χ1v) is 12.5. The molecule has 0 amide bonds. The molecule has 0 aliphatic rings. The molecule has 0 fully saturated rings. The molecule has 0 atom stereocenters. The number of hydrogen-bond acceptors (Lipinski definition) is 6. The van der Waals surface area contributed by atoms with Crippen molar-refractivity contribution >= 4 is 56.0 Å². The summed E-state index contributed by atoms with van der Waals surface area (Å²) >= 11 is 12.4. The minimum Gasteiger partial charge on any atom is -1.00 e. The number of pyridine rings is 4. The van der Waals surface area contributed by atoms with Crippen LogP contribution in [-0.4, -0.2) is 29.9 Å². The summed E-state index contributed by atoms with van der Waals surface area (Å²) in [6, 6.07) is 26.9. The molecule has 7 aromatic rings. The number of benzene rings is 2. The SMILES string of the molecule is Clc1ccc2nc(-c3ccccn3)c(-c3ccccn3)nc2c1Cl.[Cl-].[Cl-].[Cl-].[Rh+3].c1cnc2c(c1)ccc1cccnc12. The van der Waals surface area contributed by atoms with E-state index in [2.05, 4.69) is 44.2 Å². The van der Waals surface area contributed by atoms with Gasteiger partial charge in [0.25, 0.3) is 0 Å². The molecular formula is C30H18Cl5N6Rh. The molecule has 0 radical (unpaired) electrons. The first-order chi connectivity index (χ1) is 18.7. The van der Waals surface area contributed by atoms with Crippen molar-refractivity contribution in [2.45, 2.75) is 0 Å². The van der Waals surface area contributed by atoms with Crippen LogP contribution in [0.1, 0.15) is 0 Å². The van der Waals surface area contributed by atoms with Gasteiger partial charge in [-0.15, -0.1) is 0 Å². The van der Waals surface area contributed by atoms with Crippen molar-refractivity contribution in [3.05, 3.63) is 120 Å². The molecular weight excluding hydrogens is 725 g/mol. The maximum absolute atomic E-state index is 6.31. The average molecular weight is 743 g/mol. The summed E-state index contributed by atoms with van der Waals surface area (Å²) in [4.78, 5) is 26.9. The summed E-state index contributed by atoms with van der Waals surface area (Å²) in [5, 5.41) is 3.10. The molecule has 0 aliphatic heterocycles. The van der Waals surface area contributed by atoms with Crippen LogP contribution < -0.4 is 37.2 Å². The monoisotopic (exact) mass is 740 g/mol. The number of nitrogens with zero attached hydrogens (tertiary/aromatic N) is 6. The second-order valence-corrected chi connectivity index (χ2v) is 9.08. The Morgan fingerprint density at radius 3 is 1.45 bits per heavy atom. The Hall–Kier alpha value is -3.03. The van der Waals surface area contributed by atoms with Gasteiger partial charge in [0.15, 0.2) is 0 Å². The minimum atomic E-state index is 0. The van der Waals surface area contributed by atoms with E-state index in [1.54, 1.807) is 36.9 Å². The maximum Gasteiger partial charge on any atom is 3.00 e. The third-order valence-corrected chi connectivity index (χ3v) is 6.68. The molecule has 0 saturated carbocycles. The molecule has 0 saturated heterocycles. The fraction of sp³-hybridized carbons (Fsp3) is 0. The van der Waals surface area contributed by atoms with Crippen molar-refractivity contribution in [1.29, 1.82) is 0 Å². The van der Waals surface area contributed by atoms with Gasteiger partial charge in [-0.05, 0) is 48.5 Å². The Morgan fingerprint density at radius 2 is 0.952 bits per heavy atom. The summed E-state index contributed by atoms with van der Waals surface area (Å²) in [5.74, 6) is 0. The van der Waals surface area contributed by atoms with Crippen LogP contribution in [0.4, 0.5) is 0 Å². The molecule has 212 valence electrons. The molecule has 42 heavy (non-hydrogen) atoms. The van der Waals surface area contributed by atoms with Gasteiger partial charge in [0.05, 0.1) is 38.0 Å². The molecule has 0 unspecified atom stereocenters. The zero-order valence-corrected chi connectivity index (χ0v) is 26.7. The molecule has 2 aromatic carbocycles. The van der Waals surface area contributed by atoms with Gasteiger partial charge in [0, 0.05) is 35.6 Å². The van der Waals surface area contributed by atoms with Crippen LogP contribution in [0.3, 0.4) is 0 Å². The molecule has 6 nitrogen and oxygen atoms in total. The van der Waals surface area contributed by atoms with Gasteiger partial charge in [-0.2, -0.15) is 0 Å². The first-order valence-electron chi connectivity index (χ1n) is 11.8. The van der Waals surface area contributed by atoms with Gasteiger partial charge in [0.1, 0.15) is 16.9 Å². The van der Waals surface area contributed by atoms with Gasteiger partial charge in [0.2, 0.25) is 0 Å². The van der Waals surface area contributed by atoms with E-state index in [4.69, 9.17) is 33.2 Å². The van der Waals surface area contributed by atoms with E-state index in [-0.39, 0.29) is 56.7 Å². The zero-order chi connectivity index (χ0) is 25.9. The first kappa shape index (κ1) is 35.2. The number of aromatic nitrogens is 6. The van der Waals surface area contributed by atoms with Crippen LogP contribution in [0.5, 0.6) is 0 Å².